The number of hydrogen-bond acceptors (Lipinski definition) is 7. The van der Waals surface area contributed by atoms with Crippen LogP contribution in [0.1, 0.15) is 94.3 Å². The molecule has 0 aromatic carbocycles. The minimum Gasteiger partial charge on any atom is -0.495 e. The minimum absolute atomic E-state index is 0.107. The molecule has 0 atom stereocenters. The van der Waals surface area contributed by atoms with Gasteiger partial charge in [-0.3, -0.25) is 14.7 Å². The lowest BCUT2D eigenvalue weighted by Gasteiger charge is -2.35. The van der Waals surface area contributed by atoms with E-state index in [1.54, 1.807) is 19.6 Å². The third-order valence-corrected chi connectivity index (χ3v) is 9.32. The molecule has 2 aliphatic carbocycles. The molecule has 3 heterocycles. The number of oxazole rings is 1. The van der Waals surface area contributed by atoms with Crippen molar-refractivity contribution in [1.29, 1.82) is 0 Å². The Morgan fingerprint density at radius 1 is 1.05 bits per heavy atom. The molecule has 0 unspecified atom stereocenters. The van der Waals surface area contributed by atoms with Gasteiger partial charge in [0.25, 0.3) is 0 Å². The second-order valence-electron chi connectivity index (χ2n) is 12.7. The Balaban J connectivity index is 1.31. The molecular formula is C34H45N5O5. The molecule has 3 aromatic rings. The maximum Gasteiger partial charge on any atom is 0.404 e. The quantitative estimate of drug-likeness (QED) is 0.254. The van der Waals surface area contributed by atoms with E-state index in [-0.39, 0.29) is 23.7 Å². The molecule has 5 rings (SSSR count). The van der Waals surface area contributed by atoms with Gasteiger partial charge in [-0.2, -0.15) is 0 Å². The highest BCUT2D eigenvalue weighted by molar-refractivity contribution is 5.94. The number of carboxylic acid groups (broad SMARTS) is 1. The van der Waals surface area contributed by atoms with Crippen LogP contribution in [0.15, 0.2) is 41.1 Å². The van der Waals surface area contributed by atoms with E-state index in [9.17, 15) is 9.59 Å². The molecule has 0 aliphatic heterocycles. The Morgan fingerprint density at radius 3 is 2.41 bits per heavy atom. The molecule has 2 N–H and O–H groups in total. The number of pyridine rings is 2. The summed E-state index contributed by atoms with van der Waals surface area (Å²) in [6.07, 6.45) is 9.64. The van der Waals surface area contributed by atoms with E-state index < -0.39 is 6.09 Å². The van der Waals surface area contributed by atoms with Gasteiger partial charge in [0.2, 0.25) is 5.91 Å². The number of methoxy groups -OCH3 is 1. The largest absolute Gasteiger partial charge is 0.495 e. The Kier molecular flexibility index (Phi) is 10.2. The number of carbonyl (C=O) groups is 2. The molecule has 2 fully saturated rings. The van der Waals surface area contributed by atoms with Crippen molar-refractivity contribution in [3.63, 3.8) is 0 Å². The van der Waals surface area contributed by atoms with Crippen LogP contribution >= 0.6 is 0 Å². The zero-order chi connectivity index (χ0) is 31.2. The third kappa shape index (κ3) is 7.57. The number of nitrogens with zero attached hydrogens (tertiary/aromatic N) is 4. The van der Waals surface area contributed by atoms with Crippen LogP contribution in [-0.4, -0.2) is 52.3 Å². The van der Waals surface area contributed by atoms with Gasteiger partial charge in [0, 0.05) is 48.3 Å². The fourth-order valence-corrected chi connectivity index (χ4v) is 6.68. The molecule has 10 nitrogen and oxygen atoms in total. The predicted octanol–water partition coefficient (Wildman–Crippen LogP) is 6.95. The Labute approximate surface area is 259 Å². The Morgan fingerprint density at radius 2 is 1.77 bits per heavy atom. The fraction of sp³-hybridized carbons (Fsp3) is 0.559. The first kappa shape index (κ1) is 31.5. The highest BCUT2D eigenvalue weighted by atomic mass is 16.5. The summed E-state index contributed by atoms with van der Waals surface area (Å²) in [6, 6.07) is 7.95. The van der Waals surface area contributed by atoms with E-state index in [0.717, 1.165) is 79.8 Å². The molecule has 3 aromatic heterocycles. The number of amides is 2. The fourth-order valence-electron chi connectivity index (χ4n) is 6.68. The maximum atomic E-state index is 14.2. The smallest absolute Gasteiger partial charge is 0.404 e. The summed E-state index contributed by atoms with van der Waals surface area (Å²) in [4.78, 5) is 41.2. The van der Waals surface area contributed by atoms with E-state index in [4.69, 9.17) is 24.2 Å². The first-order chi connectivity index (χ1) is 21.2. The molecule has 2 saturated carbocycles. The predicted molar refractivity (Wildman–Crippen MR) is 168 cm³/mol. The zero-order valence-electron chi connectivity index (χ0n) is 26.3. The lowest BCUT2D eigenvalue weighted by molar-refractivity contribution is -0.123. The van der Waals surface area contributed by atoms with Crippen molar-refractivity contribution in [3.05, 3.63) is 54.0 Å². The van der Waals surface area contributed by atoms with E-state index in [1.807, 2.05) is 43.9 Å². The number of aromatic nitrogens is 3. The van der Waals surface area contributed by atoms with Gasteiger partial charge >= 0.3 is 6.09 Å². The number of anilines is 1. The Bertz CT molecular complexity index is 1420. The second kappa shape index (κ2) is 14.2. The van der Waals surface area contributed by atoms with Crippen LogP contribution in [0.3, 0.4) is 0 Å². The summed E-state index contributed by atoms with van der Waals surface area (Å²) < 4.78 is 11.1. The third-order valence-electron chi connectivity index (χ3n) is 9.32. The number of carbonyl (C=O) groups excluding carboxylic acids is 1. The summed E-state index contributed by atoms with van der Waals surface area (Å²) in [5.74, 6) is 3.33. The SMILES string of the molecule is COc1ccc([C@H]2CC[C@H](CN(c3cc(-c4coc(C(C)C)n4)ccn3)C(=O)[C@H]3CC[C@H](CNC(=O)O)CC3)CC2)nc1C. The monoisotopic (exact) mass is 603 g/mol. The van der Waals surface area contributed by atoms with Crippen molar-refractivity contribution < 1.29 is 23.8 Å². The first-order valence-electron chi connectivity index (χ1n) is 15.9. The van der Waals surface area contributed by atoms with Gasteiger partial charge in [-0.05, 0) is 94.4 Å². The normalized spacial score (nSPS) is 22.0. The average molecular weight is 604 g/mol. The molecular weight excluding hydrogens is 558 g/mol. The highest BCUT2D eigenvalue weighted by Gasteiger charge is 2.33. The van der Waals surface area contributed by atoms with Crippen LogP contribution in [-0.2, 0) is 4.79 Å². The van der Waals surface area contributed by atoms with E-state index in [2.05, 4.69) is 16.4 Å². The van der Waals surface area contributed by atoms with Crippen LogP contribution < -0.4 is 15.0 Å². The van der Waals surface area contributed by atoms with Crippen LogP contribution in [0.2, 0.25) is 0 Å². The van der Waals surface area contributed by atoms with Crippen molar-refractivity contribution in [2.45, 2.75) is 84.0 Å². The topological polar surface area (TPSA) is 131 Å². The Hall–Kier alpha value is -3.95. The van der Waals surface area contributed by atoms with Crippen LogP contribution in [0.4, 0.5) is 10.6 Å². The summed E-state index contributed by atoms with van der Waals surface area (Å²) in [5.41, 5.74) is 3.64. The molecule has 44 heavy (non-hydrogen) atoms. The summed E-state index contributed by atoms with van der Waals surface area (Å²) >= 11 is 0. The van der Waals surface area contributed by atoms with Crippen molar-refractivity contribution >= 4 is 17.8 Å². The van der Waals surface area contributed by atoms with Gasteiger partial charge in [0.1, 0.15) is 23.5 Å². The van der Waals surface area contributed by atoms with E-state index in [1.165, 1.54) is 0 Å². The van der Waals surface area contributed by atoms with Crippen LogP contribution in [0.25, 0.3) is 11.3 Å². The summed E-state index contributed by atoms with van der Waals surface area (Å²) in [7, 11) is 1.67. The van der Waals surface area contributed by atoms with Crippen molar-refractivity contribution in [3.8, 4) is 17.0 Å². The molecule has 2 aliphatic rings. The molecule has 10 heteroatoms. The number of aryl methyl sites for hydroxylation is 1. The molecule has 2 amide bonds. The minimum atomic E-state index is -0.999. The van der Waals surface area contributed by atoms with Gasteiger partial charge in [0.15, 0.2) is 5.89 Å². The van der Waals surface area contributed by atoms with Gasteiger partial charge < -0.3 is 19.6 Å². The summed E-state index contributed by atoms with van der Waals surface area (Å²) in [6.45, 7) is 7.12. The van der Waals surface area contributed by atoms with E-state index in [0.29, 0.717) is 36.6 Å². The lowest BCUT2D eigenvalue weighted by atomic mass is 9.79. The van der Waals surface area contributed by atoms with Gasteiger partial charge in [-0.15, -0.1) is 0 Å². The van der Waals surface area contributed by atoms with Crippen LogP contribution in [0.5, 0.6) is 5.75 Å². The molecule has 236 valence electrons. The van der Waals surface area contributed by atoms with Gasteiger partial charge in [-0.1, -0.05) is 13.8 Å². The highest BCUT2D eigenvalue weighted by Crippen LogP contribution is 2.38. The standard InChI is InChI=1S/C34H45N5O5/c1-21(2)32-38-29(20-44-32)27-15-16-35-31(17-27)39(33(40)26-11-5-23(6-12-26)18-36-34(41)42)19-24-7-9-25(10-8-24)28-13-14-30(43-4)22(3)37-28/h13-17,20-21,23-26,36H,5-12,18-19H2,1-4H3,(H,41,42)/t23-,24-,25-,26-. The first-order valence-corrected chi connectivity index (χ1v) is 15.9. The van der Waals surface area contributed by atoms with E-state index >= 15 is 0 Å². The number of nitrogens with one attached hydrogen (secondary N) is 1. The average Bonchev–Trinajstić information content (AvgIpc) is 3.54. The maximum absolute atomic E-state index is 14.2. The molecule has 0 bridgehead atoms. The van der Waals surface area contributed by atoms with Crippen LogP contribution in [0, 0.1) is 24.7 Å². The van der Waals surface area contributed by atoms with Gasteiger partial charge in [0.05, 0.1) is 12.8 Å². The van der Waals surface area contributed by atoms with Gasteiger partial charge in [-0.25, -0.2) is 14.8 Å². The molecule has 0 saturated heterocycles. The number of ether oxygens (including phenoxy) is 1. The van der Waals surface area contributed by atoms with Crippen molar-refractivity contribution in [1.82, 2.24) is 20.3 Å². The molecule has 0 spiro atoms. The van der Waals surface area contributed by atoms with Crippen molar-refractivity contribution in [2.75, 3.05) is 25.1 Å². The summed E-state index contributed by atoms with van der Waals surface area (Å²) in [5, 5.41) is 11.5. The molecule has 0 radical (unpaired) electrons. The zero-order valence-corrected chi connectivity index (χ0v) is 26.3. The number of hydrogen-bond donors (Lipinski definition) is 2. The second-order valence-corrected chi connectivity index (χ2v) is 12.7. The lowest BCUT2D eigenvalue weighted by Crippen LogP contribution is -2.42. The van der Waals surface area contributed by atoms with Crippen molar-refractivity contribution in [2.24, 2.45) is 17.8 Å². The number of rotatable bonds is 10.